The predicted octanol–water partition coefficient (Wildman–Crippen LogP) is 3.36. The number of nitrogens with one attached hydrogen (secondary N) is 1. The monoisotopic (exact) mass is 389 g/mol. The molecule has 1 heterocycles. The summed E-state index contributed by atoms with van der Waals surface area (Å²) in [5, 5.41) is 10.1. The minimum absolute atomic E-state index is 0.220. The van der Waals surface area contributed by atoms with E-state index in [1.165, 1.54) is 4.68 Å². The van der Waals surface area contributed by atoms with Crippen molar-refractivity contribution in [2.45, 2.75) is 24.3 Å². The van der Waals surface area contributed by atoms with Gasteiger partial charge < -0.3 is 11.2 Å². The zero-order valence-electron chi connectivity index (χ0n) is 14.6. The molecule has 0 aliphatic rings. The van der Waals surface area contributed by atoms with Crippen molar-refractivity contribution in [3.63, 3.8) is 0 Å². The molecule has 0 fully saturated rings. The molecule has 140 valence electrons. The molecule has 3 rings (SSSR count). The molecule has 1 aromatic heterocycles. The van der Waals surface area contributed by atoms with Crippen molar-refractivity contribution in [2.75, 3.05) is 11.2 Å². The molecule has 0 bridgehead atoms. The first-order chi connectivity index (χ1) is 12.8. The lowest BCUT2D eigenvalue weighted by Gasteiger charge is -2.12. The number of thioether (sulfide) groups is 1. The van der Waals surface area contributed by atoms with Crippen LogP contribution in [0.25, 0.3) is 11.4 Å². The van der Waals surface area contributed by atoms with E-state index in [9.17, 15) is 13.6 Å². The summed E-state index contributed by atoms with van der Waals surface area (Å²) in [6.45, 7) is 3.58. The van der Waals surface area contributed by atoms with E-state index >= 15 is 0 Å². The average molecular weight is 389 g/mol. The normalized spacial score (nSPS) is 12.0. The van der Waals surface area contributed by atoms with E-state index < -0.39 is 22.8 Å². The van der Waals surface area contributed by atoms with Crippen molar-refractivity contribution >= 4 is 23.4 Å². The Morgan fingerprint density at radius 2 is 1.89 bits per heavy atom. The molecule has 1 amide bonds. The molecule has 0 spiro atoms. The molecule has 27 heavy (non-hydrogen) atoms. The Kier molecular flexibility index (Phi) is 5.41. The quantitative estimate of drug-likeness (QED) is 0.516. The average Bonchev–Trinajstić information content (AvgIpc) is 2.99. The van der Waals surface area contributed by atoms with Gasteiger partial charge in [-0.2, -0.15) is 0 Å². The van der Waals surface area contributed by atoms with Crippen molar-refractivity contribution in [1.82, 2.24) is 14.9 Å². The van der Waals surface area contributed by atoms with Crippen LogP contribution < -0.4 is 11.2 Å². The number of halogens is 2. The van der Waals surface area contributed by atoms with Crippen molar-refractivity contribution in [3.05, 3.63) is 59.7 Å². The molecule has 0 saturated carbocycles. The summed E-state index contributed by atoms with van der Waals surface area (Å²) in [6.07, 6.45) is 0. The number of amides is 1. The summed E-state index contributed by atoms with van der Waals surface area (Å²) < 4.78 is 28.2. The van der Waals surface area contributed by atoms with Gasteiger partial charge >= 0.3 is 0 Å². The molecule has 6 nitrogen and oxygen atoms in total. The molecule has 0 radical (unpaired) electrons. The first-order valence-corrected chi connectivity index (χ1v) is 8.93. The first kappa shape index (κ1) is 18.8. The summed E-state index contributed by atoms with van der Waals surface area (Å²) >= 11 is 1.06. The van der Waals surface area contributed by atoms with E-state index in [1.54, 1.807) is 6.92 Å². The molecule has 3 aromatic rings. The Hall–Kier alpha value is -2.94. The zero-order chi connectivity index (χ0) is 19.6. The fourth-order valence-corrected chi connectivity index (χ4v) is 3.07. The van der Waals surface area contributed by atoms with E-state index in [1.807, 2.05) is 31.2 Å². The highest BCUT2D eigenvalue weighted by Crippen LogP contribution is 2.26. The second-order valence-corrected chi connectivity index (χ2v) is 7.22. The molecule has 1 unspecified atom stereocenters. The summed E-state index contributed by atoms with van der Waals surface area (Å²) in [7, 11) is 0. The van der Waals surface area contributed by atoms with Gasteiger partial charge in [0.2, 0.25) is 11.1 Å². The largest absolute Gasteiger partial charge is 0.335 e. The molecule has 2 aromatic carbocycles. The Balaban J connectivity index is 1.72. The van der Waals surface area contributed by atoms with Gasteiger partial charge in [-0.05, 0) is 26.0 Å². The molecule has 0 saturated heterocycles. The first-order valence-electron chi connectivity index (χ1n) is 8.05. The molecule has 0 aliphatic carbocycles. The molecular weight excluding hydrogens is 372 g/mol. The second kappa shape index (κ2) is 7.75. The van der Waals surface area contributed by atoms with Crippen LogP contribution in [0.1, 0.15) is 12.5 Å². The van der Waals surface area contributed by atoms with Crippen LogP contribution in [0.3, 0.4) is 0 Å². The van der Waals surface area contributed by atoms with Crippen LogP contribution in [-0.2, 0) is 4.79 Å². The van der Waals surface area contributed by atoms with Crippen LogP contribution in [0.15, 0.2) is 47.6 Å². The zero-order valence-corrected chi connectivity index (χ0v) is 15.4. The minimum Gasteiger partial charge on any atom is -0.335 e. The smallest absolute Gasteiger partial charge is 0.237 e. The van der Waals surface area contributed by atoms with Crippen LogP contribution >= 0.6 is 11.8 Å². The number of nitrogens with zero attached hydrogens (tertiary/aromatic N) is 3. The number of carbonyl (C=O) groups is 1. The van der Waals surface area contributed by atoms with E-state index in [0.717, 1.165) is 41.1 Å². The van der Waals surface area contributed by atoms with E-state index in [-0.39, 0.29) is 5.69 Å². The third-order valence-electron chi connectivity index (χ3n) is 3.81. The second-order valence-electron chi connectivity index (χ2n) is 5.92. The Labute approximate surface area is 158 Å². The maximum Gasteiger partial charge on any atom is 0.237 e. The SMILES string of the molecule is Cc1ccc(-c2nnc(SC(C)C(=O)Nc3cc(F)ccc3F)n2N)cc1. The molecular formula is C18H17F2N5OS. The number of carbonyl (C=O) groups excluding carboxylic acids is 1. The van der Waals surface area contributed by atoms with Crippen LogP contribution in [0.5, 0.6) is 0 Å². The van der Waals surface area contributed by atoms with E-state index in [2.05, 4.69) is 15.5 Å². The van der Waals surface area contributed by atoms with Crippen LogP contribution in [0, 0.1) is 18.6 Å². The van der Waals surface area contributed by atoms with Gasteiger partial charge in [0.1, 0.15) is 11.6 Å². The maximum atomic E-state index is 13.7. The fraction of sp³-hybridized carbons (Fsp3) is 0.167. The maximum absolute atomic E-state index is 13.7. The summed E-state index contributed by atoms with van der Waals surface area (Å²) in [4.78, 5) is 12.3. The number of aryl methyl sites for hydroxylation is 1. The lowest BCUT2D eigenvalue weighted by Crippen LogP contribution is -2.24. The van der Waals surface area contributed by atoms with Crippen molar-refractivity contribution in [2.24, 2.45) is 0 Å². The number of anilines is 1. The fourth-order valence-electron chi connectivity index (χ4n) is 2.30. The summed E-state index contributed by atoms with van der Waals surface area (Å²) in [5.41, 5.74) is 1.68. The van der Waals surface area contributed by atoms with Gasteiger partial charge in [-0.3, -0.25) is 4.79 Å². The van der Waals surface area contributed by atoms with Gasteiger partial charge in [-0.15, -0.1) is 10.2 Å². The molecule has 1 atom stereocenters. The number of nitrogen functional groups attached to an aromatic ring is 1. The van der Waals surface area contributed by atoms with Gasteiger partial charge in [-0.1, -0.05) is 41.6 Å². The van der Waals surface area contributed by atoms with Gasteiger partial charge in [-0.25, -0.2) is 13.5 Å². The standard InChI is InChI=1S/C18H17F2N5OS/c1-10-3-5-12(6-4-10)16-23-24-18(25(16)21)27-11(2)17(26)22-15-9-13(19)7-8-14(15)20/h3-9,11H,21H2,1-2H3,(H,22,26). The topological polar surface area (TPSA) is 85.8 Å². The number of rotatable bonds is 5. The molecule has 0 aliphatic heterocycles. The third-order valence-corrected chi connectivity index (χ3v) is 4.87. The Morgan fingerprint density at radius 1 is 1.19 bits per heavy atom. The Morgan fingerprint density at radius 3 is 2.59 bits per heavy atom. The summed E-state index contributed by atoms with van der Waals surface area (Å²) in [6, 6.07) is 10.5. The van der Waals surface area contributed by atoms with E-state index in [0.29, 0.717) is 11.0 Å². The van der Waals surface area contributed by atoms with Gasteiger partial charge in [0.25, 0.3) is 0 Å². The molecule has 3 N–H and O–H groups in total. The Bertz CT molecular complexity index is 974. The number of nitrogens with two attached hydrogens (primary N) is 1. The van der Waals surface area contributed by atoms with Crippen LogP contribution in [0.2, 0.25) is 0 Å². The number of hydrogen-bond acceptors (Lipinski definition) is 5. The van der Waals surface area contributed by atoms with Gasteiger partial charge in [0.05, 0.1) is 10.9 Å². The lowest BCUT2D eigenvalue weighted by molar-refractivity contribution is -0.115. The van der Waals surface area contributed by atoms with Crippen molar-refractivity contribution in [3.8, 4) is 11.4 Å². The minimum atomic E-state index is -0.717. The van der Waals surface area contributed by atoms with Crippen LogP contribution in [0.4, 0.5) is 14.5 Å². The predicted molar refractivity (Wildman–Crippen MR) is 101 cm³/mol. The summed E-state index contributed by atoms with van der Waals surface area (Å²) in [5.74, 6) is 4.64. The number of benzene rings is 2. The van der Waals surface area contributed by atoms with Crippen LogP contribution in [-0.4, -0.2) is 26.0 Å². The van der Waals surface area contributed by atoms with Crippen molar-refractivity contribution < 1.29 is 13.6 Å². The highest BCUT2D eigenvalue weighted by Gasteiger charge is 2.21. The number of hydrogen-bond donors (Lipinski definition) is 2. The van der Waals surface area contributed by atoms with Crippen molar-refractivity contribution in [1.29, 1.82) is 0 Å². The van der Waals surface area contributed by atoms with Gasteiger partial charge in [0.15, 0.2) is 5.82 Å². The highest BCUT2D eigenvalue weighted by atomic mass is 32.2. The highest BCUT2D eigenvalue weighted by molar-refractivity contribution is 8.00. The van der Waals surface area contributed by atoms with Gasteiger partial charge in [0, 0.05) is 11.6 Å². The number of aromatic nitrogens is 3. The molecule has 9 heteroatoms. The lowest BCUT2D eigenvalue weighted by atomic mass is 10.1. The van der Waals surface area contributed by atoms with E-state index in [4.69, 9.17) is 5.84 Å². The third kappa shape index (κ3) is 4.25.